The van der Waals surface area contributed by atoms with E-state index in [1.807, 2.05) is 18.7 Å². The van der Waals surface area contributed by atoms with Crippen LogP contribution in [0.1, 0.15) is 20.3 Å². The lowest BCUT2D eigenvalue weighted by Gasteiger charge is -2.36. The van der Waals surface area contributed by atoms with E-state index in [-0.39, 0.29) is 24.3 Å². The third-order valence-corrected chi connectivity index (χ3v) is 5.54. The van der Waals surface area contributed by atoms with Crippen LogP contribution in [0.3, 0.4) is 0 Å². The molecule has 160 valence electrons. The number of carbonyl (C=O) groups excluding carboxylic acids is 3. The molecule has 2 aliphatic rings. The van der Waals surface area contributed by atoms with E-state index in [0.717, 1.165) is 32.6 Å². The number of nitrogens with one attached hydrogen (secondary N) is 1. The fraction of sp³-hybridized carbons (Fsp3) is 0.842. The van der Waals surface area contributed by atoms with Crippen molar-refractivity contribution in [1.82, 2.24) is 20.0 Å². The quantitative estimate of drug-likeness (QED) is 0.534. The molecule has 2 saturated heterocycles. The number of hydrogen-bond donors (Lipinski definition) is 1. The number of amides is 2. The molecule has 2 rings (SSSR count). The van der Waals surface area contributed by atoms with E-state index < -0.39 is 12.0 Å². The number of ether oxygens (including phenoxy) is 2. The lowest BCUT2D eigenvalue weighted by Crippen LogP contribution is -2.54. The van der Waals surface area contributed by atoms with E-state index in [1.54, 1.807) is 0 Å². The van der Waals surface area contributed by atoms with Crippen LogP contribution in [0.15, 0.2) is 0 Å². The molecule has 0 bridgehead atoms. The van der Waals surface area contributed by atoms with Gasteiger partial charge in [0.1, 0.15) is 6.04 Å². The van der Waals surface area contributed by atoms with E-state index in [9.17, 15) is 14.4 Å². The number of piperazine rings is 1. The summed E-state index contributed by atoms with van der Waals surface area (Å²) in [7, 11) is 1.33. The van der Waals surface area contributed by atoms with Gasteiger partial charge in [-0.05, 0) is 5.92 Å². The number of hydrogen-bond acceptors (Lipinski definition) is 7. The van der Waals surface area contributed by atoms with Crippen molar-refractivity contribution in [2.45, 2.75) is 26.3 Å². The van der Waals surface area contributed by atoms with Crippen LogP contribution in [-0.2, 0) is 23.9 Å². The molecule has 2 amide bonds. The van der Waals surface area contributed by atoms with Gasteiger partial charge in [0.05, 0.1) is 33.4 Å². The Morgan fingerprint density at radius 3 is 2.11 bits per heavy atom. The molecule has 28 heavy (non-hydrogen) atoms. The molecule has 0 radical (unpaired) electrons. The number of esters is 1. The summed E-state index contributed by atoms with van der Waals surface area (Å²) < 4.78 is 10.1. The number of rotatable bonds is 8. The van der Waals surface area contributed by atoms with Crippen molar-refractivity contribution in [3.63, 3.8) is 0 Å². The summed E-state index contributed by atoms with van der Waals surface area (Å²) in [6.07, 6.45) is 0.774. The molecule has 0 aromatic carbocycles. The maximum Gasteiger partial charge on any atom is 0.328 e. The second kappa shape index (κ2) is 11.3. The van der Waals surface area contributed by atoms with E-state index in [4.69, 9.17) is 9.47 Å². The lowest BCUT2D eigenvalue weighted by molar-refractivity contribution is -0.146. The van der Waals surface area contributed by atoms with Gasteiger partial charge in [0.2, 0.25) is 11.8 Å². The Labute approximate surface area is 167 Å². The zero-order valence-corrected chi connectivity index (χ0v) is 17.3. The minimum Gasteiger partial charge on any atom is -0.467 e. The Bertz CT molecular complexity index is 530. The summed E-state index contributed by atoms with van der Waals surface area (Å²) in [5, 5.41) is 2.81. The van der Waals surface area contributed by atoms with Crippen LogP contribution >= 0.6 is 0 Å². The molecule has 2 heterocycles. The highest BCUT2D eigenvalue weighted by Gasteiger charge is 2.28. The maximum absolute atomic E-state index is 12.4. The van der Waals surface area contributed by atoms with Gasteiger partial charge >= 0.3 is 5.97 Å². The van der Waals surface area contributed by atoms with Gasteiger partial charge in [0.15, 0.2) is 0 Å². The van der Waals surface area contributed by atoms with Crippen molar-refractivity contribution in [2.75, 3.05) is 72.7 Å². The van der Waals surface area contributed by atoms with Crippen molar-refractivity contribution in [1.29, 1.82) is 0 Å². The van der Waals surface area contributed by atoms with Crippen LogP contribution in [0.4, 0.5) is 0 Å². The zero-order valence-electron chi connectivity index (χ0n) is 17.3. The van der Waals surface area contributed by atoms with Gasteiger partial charge < -0.3 is 19.7 Å². The molecular weight excluding hydrogens is 364 g/mol. The molecule has 2 atom stereocenters. The van der Waals surface area contributed by atoms with E-state index in [1.165, 1.54) is 7.11 Å². The topological polar surface area (TPSA) is 91.4 Å². The van der Waals surface area contributed by atoms with Crippen molar-refractivity contribution in [3.05, 3.63) is 0 Å². The Hall–Kier alpha value is -1.71. The Balaban J connectivity index is 1.73. The summed E-state index contributed by atoms with van der Waals surface area (Å²) in [6, 6.07) is -0.616. The minimum atomic E-state index is -0.616. The van der Waals surface area contributed by atoms with Gasteiger partial charge in [0, 0.05) is 39.3 Å². The van der Waals surface area contributed by atoms with Crippen LogP contribution in [0, 0.1) is 5.92 Å². The van der Waals surface area contributed by atoms with Crippen molar-refractivity contribution in [3.8, 4) is 0 Å². The first-order chi connectivity index (χ1) is 13.4. The van der Waals surface area contributed by atoms with Crippen LogP contribution in [0.25, 0.3) is 0 Å². The van der Waals surface area contributed by atoms with Gasteiger partial charge in [-0.3, -0.25) is 19.4 Å². The van der Waals surface area contributed by atoms with Gasteiger partial charge in [-0.25, -0.2) is 4.79 Å². The molecule has 9 nitrogen and oxygen atoms in total. The van der Waals surface area contributed by atoms with E-state index >= 15 is 0 Å². The average Bonchev–Trinajstić information content (AvgIpc) is 2.73. The molecule has 2 unspecified atom stereocenters. The highest BCUT2D eigenvalue weighted by molar-refractivity contribution is 5.85. The summed E-state index contributed by atoms with van der Waals surface area (Å²) >= 11 is 0. The first kappa shape index (κ1) is 22.6. The van der Waals surface area contributed by atoms with Gasteiger partial charge in [-0.15, -0.1) is 0 Å². The Morgan fingerprint density at radius 2 is 1.57 bits per heavy atom. The smallest absolute Gasteiger partial charge is 0.328 e. The fourth-order valence-electron chi connectivity index (χ4n) is 3.43. The first-order valence-electron chi connectivity index (χ1n) is 10.1. The molecular formula is C19H34N4O5. The highest BCUT2D eigenvalue weighted by atomic mass is 16.5. The first-order valence-corrected chi connectivity index (χ1v) is 10.1. The maximum atomic E-state index is 12.4. The van der Waals surface area contributed by atoms with Gasteiger partial charge in [-0.2, -0.15) is 0 Å². The number of nitrogens with zero attached hydrogens (tertiary/aromatic N) is 3. The van der Waals surface area contributed by atoms with Crippen molar-refractivity contribution >= 4 is 17.8 Å². The molecule has 0 aromatic heterocycles. The van der Waals surface area contributed by atoms with Crippen LogP contribution in [0.5, 0.6) is 0 Å². The average molecular weight is 399 g/mol. The summed E-state index contributed by atoms with van der Waals surface area (Å²) in [5.41, 5.74) is 0. The van der Waals surface area contributed by atoms with E-state index in [0.29, 0.717) is 32.8 Å². The monoisotopic (exact) mass is 398 g/mol. The SMILES string of the molecule is CCC(C)C(NC(=O)CN1CCN(CC(=O)N2CCOCC2)CC1)C(=O)OC. The largest absolute Gasteiger partial charge is 0.467 e. The molecule has 0 saturated carbocycles. The second-order valence-electron chi connectivity index (χ2n) is 7.50. The highest BCUT2D eigenvalue weighted by Crippen LogP contribution is 2.10. The number of methoxy groups -OCH3 is 1. The fourth-order valence-corrected chi connectivity index (χ4v) is 3.43. The van der Waals surface area contributed by atoms with Crippen molar-refractivity contribution in [2.24, 2.45) is 5.92 Å². The zero-order chi connectivity index (χ0) is 20.5. The molecule has 0 spiro atoms. The minimum absolute atomic E-state index is 0.0134. The summed E-state index contributed by atoms with van der Waals surface area (Å²) in [6.45, 7) is 10.0. The number of morpholine rings is 1. The normalized spacial score (nSPS) is 21.0. The number of carbonyl (C=O) groups is 3. The molecule has 2 fully saturated rings. The Morgan fingerprint density at radius 1 is 1.00 bits per heavy atom. The molecule has 0 aromatic rings. The van der Waals surface area contributed by atoms with Crippen LogP contribution in [0.2, 0.25) is 0 Å². The van der Waals surface area contributed by atoms with Gasteiger partial charge in [0.25, 0.3) is 0 Å². The predicted molar refractivity (Wildman–Crippen MR) is 104 cm³/mol. The van der Waals surface area contributed by atoms with Gasteiger partial charge in [-0.1, -0.05) is 20.3 Å². The molecule has 9 heteroatoms. The summed E-state index contributed by atoms with van der Waals surface area (Å²) in [4.78, 5) is 42.7. The molecule has 2 aliphatic heterocycles. The van der Waals surface area contributed by atoms with Crippen LogP contribution in [-0.4, -0.2) is 111 Å². The third kappa shape index (κ3) is 6.72. The lowest BCUT2D eigenvalue weighted by atomic mass is 9.99. The van der Waals surface area contributed by atoms with Crippen molar-refractivity contribution < 1.29 is 23.9 Å². The predicted octanol–water partition coefficient (Wildman–Crippen LogP) is -0.833. The standard InChI is InChI=1S/C19H34N4O5/c1-4-15(2)18(19(26)27-3)20-16(24)13-21-5-7-22(8-6-21)14-17(25)23-9-11-28-12-10-23/h15,18H,4-14H2,1-3H3,(H,20,24). The second-order valence-corrected chi connectivity index (χ2v) is 7.50. The van der Waals surface area contributed by atoms with Crippen LogP contribution < -0.4 is 5.32 Å². The molecule has 1 N–H and O–H groups in total. The Kier molecular flexibility index (Phi) is 9.14. The molecule has 0 aliphatic carbocycles. The summed E-state index contributed by atoms with van der Waals surface area (Å²) in [5.74, 6) is -0.425. The third-order valence-electron chi connectivity index (χ3n) is 5.54. The van der Waals surface area contributed by atoms with E-state index in [2.05, 4.69) is 15.1 Å².